The fraction of sp³-hybridized carbons (Fsp3) is 0.818. The second-order valence-electron chi connectivity index (χ2n) is 4.01. The molecule has 0 aromatic rings. The van der Waals surface area contributed by atoms with Gasteiger partial charge in [-0.3, -0.25) is 0 Å². The van der Waals surface area contributed by atoms with Gasteiger partial charge in [-0.15, -0.1) is 0 Å². The fourth-order valence-electron chi connectivity index (χ4n) is 1.93. The Hall–Kier alpha value is 0.0800. The van der Waals surface area contributed by atoms with Gasteiger partial charge >= 0.3 is 4.83 Å². The third-order valence-corrected chi connectivity index (χ3v) is 2.97. The van der Waals surface area contributed by atoms with Crippen molar-refractivity contribution in [2.45, 2.75) is 49.8 Å². The first kappa shape index (κ1) is 12.2. The summed E-state index contributed by atoms with van der Waals surface area (Å²) in [4.78, 5) is -2.82. The summed E-state index contributed by atoms with van der Waals surface area (Å²) in [6.45, 7) is 0. The van der Waals surface area contributed by atoms with E-state index in [-0.39, 0.29) is 0 Å². The van der Waals surface area contributed by atoms with Gasteiger partial charge in [0.25, 0.3) is 0 Å². The number of rotatable bonds is 2. The van der Waals surface area contributed by atoms with E-state index in [0.29, 0.717) is 5.92 Å². The molecule has 1 aliphatic carbocycles. The molecule has 0 heterocycles. The van der Waals surface area contributed by atoms with Gasteiger partial charge in [0, 0.05) is 0 Å². The van der Waals surface area contributed by atoms with E-state index in [0.717, 1.165) is 18.9 Å². The highest BCUT2D eigenvalue weighted by molar-refractivity contribution is 9.10. The minimum atomic E-state index is -2.82. The van der Waals surface area contributed by atoms with Crippen LogP contribution in [0.5, 0.6) is 0 Å². The first-order valence-corrected chi connectivity index (χ1v) is 6.13. The van der Waals surface area contributed by atoms with Gasteiger partial charge < -0.3 is 0 Å². The molecule has 0 unspecified atom stereocenters. The number of hydrogen-bond acceptors (Lipinski definition) is 0. The summed E-state index contributed by atoms with van der Waals surface area (Å²) < 4.78 is 25.0. The van der Waals surface area contributed by atoms with Gasteiger partial charge in [0.05, 0.1) is 0 Å². The molecule has 0 spiro atoms. The van der Waals surface area contributed by atoms with E-state index in [1.807, 2.05) is 0 Å². The van der Waals surface area contributed by atoms with Crippen LogP contribution >= 0.6 is 15.9 Å². The van der Waals surface area contributed by atoms with Gasteiger partial charge in [-0.25, -0.2) is 0 Å². The van der Waals surface area contributed by atoms with Crippen molar-refractivity contribution in [2.24, 2.45) is 5.92 Å². The summed E-state index contributed by atoms with van der Waals surface area (Å²) in [5, 5.41) is 0. The van der Waals surface area contributed by atoms with Crippen LogP contribution in [0.25, 0.3) is 0 Å². The third-order valence-electron chi connectivity index (χ3n) is 2.71. The Morgan fingerprint density at radius 3 is 2.00 bits per heavy atom. The molecule has 0 aromatic heterocycles. The first-order valence-electron chi connectivity index (χ1n) is 5.34. The lowest BCUT2D eigenvalue weighted by Crippen LogP contribution is -2.04. The Kier molecular flexibility index (Phi) is 5.07. The van der Waals surface area contributed by atoms with E-state index in [4.69, 9.17) is 0 Å². The van der Waals surface area contributed by atoms with Crippen LogP contribution in [0.2, 0.25) is 0 Å². The van der Waals surface area contributed by atoms with Crippen LogP contribution < -0.4 is 0 Å². The predicted molar refractivity (Wildman–Crippen MR) is 58.8 cm³/mol. The highest BCUT2D eigenvalue weighted by atomic mass is 79.9. The summed E-state index contributed by atoms with van der Waals surface area (Å²) in [6, 6.07) is 0. The average Bonchev–Trinajstić information content (AvgIpc) is 2.00. The maximum absolute atomic E-state index is 12.5. The molecule has 0 aliphatic heterocycles. The lowest BCUT2D eigenvalue weighted by molar-refractivity contribution is 0.170. The molecular weight excluding hydrogens is 250 g/mol. The number of halogens is 3. The molecule has 1 rings (SSSR count). The normalized spacial score (nSPS) is 22.2. The summed E-state index contributed by atoms with van der Waals surface area (Å²) in [7, 11) is 0. The van der Waals surface area contributed by atoms with Crippen molar-refractivity contribution < 1.29 is 8.78 Å². The van der Waals surface area contributed by atoms with E-state index < -0.39 is 4.83 Å². The first-order chi connectivity index (χ1) is 6.58. The fourth-order valence-corrected chi connectivity index (χ4v) is 2.08. The third kappa shape index (κ3) is 5.74. The molecule has 0 atom stereocenters. The van der Waals surface area contributed by atoms with Gasteiger partial charge in [0.2, 0.25) is 0 Å². The van der Waals surface area contributed by atoms with Crippen LogP contribution in [0.1, 0.15) is 44.9 Å². The Labute approximate surface area is 92.9 Å². The molecule has 0 nitrogen and oxygen atoms in total. The summed E-state index contributed by atoms with van der Waals surface area (Å²) in [6.07, 6.45) is 11.0. The maximum atomic E-state index is 12.5. The van der Waals surface area contributed by atoms with Crippen molar-refractivity contribution in [3.8, 4) is 0 Å². The van der Waals surface area contributed by atoms with E-state index in [9.17, 15) is 8.78 Å². The van der Waals surface area contributed by atoms with Gasteiger partial charge in [-0.2, -0.15) is 8.78 Å². The second-order valence-corrected chi connectivity index (χ2v) is 5.06. The quantitative estimate of drug-likeness (QED) is 0.493. The molecule has 0 amide bonds. The SMILES string of the molecule is FC(F)(Br)/C=C/C1CCCCCCC1. The minimum absolute atomic E-state index is 0.360. The summed E-state index contributed by atoms with van der Waals surface area (Å²) in [5.41, 5.74) is 0. The maximum Gasteiger partial charge on any atom is 0.319 e. The van der Waals surface area contributed by atoms with Crippen molar-refractivity contribution in [1.29, 1.82) is 0 Å². The average molecular weight is 267 g/mol. The van der Waals surface area contributed by atoms with Crippen molar-refractivity contribution in [3.63, 3.8) is 0 Å². The molecule has 0 radical (unpaired) electrons. The van der Waals surface area contributed by atoms with Crippen molar-refractivity contribution >= 4 is 15.9 Å². The molecule has 0 bridgehead atoms. The number of hydrogen-bond donors (Lipinski definition) is 0. The molecule has 14 heavy (non-hydrogen) atoms. The predicted octanol–water partition coefficient (Wildman–Crippen LogP) is 4.89. The molecule has 1 fully saturated rings. The van der Waals surface area contributed by atoms with Gasteiger partial charge in [-0.05, 0) is 40.8 Å². The van der Waals surface area contributed by atoms with Crippen LogP contribution in [-0.4, -0.2) is 4.83 Å². The van der Waals surface area contributed by atoms with Crippen LogP contribution in [0.15, 0.2) is 12.2 Å². The minimum Gasteiger partial charge on any atom is -0.189 e. The lowest BCUT2D eigenvalue weighted by Gasteiger charge is -2.16. The zero-order valence-corrected chi connectivity index (χ0v) is 9.90. The van der Waals surface area contributed by atoms with E-state index in [1.54, 1.807) is 6.08 Å². The molecule has 0 N–H and O–H groups in total. The Balaban J connectivity index is 2.37. The largest absolute Gasteiger partial charge is 0.319 e. The van der Waals surface area contributed by atoms with Gasteiger partial charge in [0.1, 0.15) is 0 Å². The van der Waals surface area contributed by atoms with Crippen LogP contribution in [0.4, 0.5) is 8.78 Å². The van der Waals surface area contributed by atoms with E-state index >= 15 is 0 Å². The second kappa shape index (κ2) is 5.84. The Morgan fingerprint density at radius 1 is 1.00 bits per heavy atom. The van der Waals surface area contributed by atoms with E-state index in [2.05, 4.69) is 15.9 Å². The molecule has 82 valence electrons. The summed E-state index contributed by atoms with van der Waals surface area (Å²) >= 11 is 2.32. The van der Waals surface area contributed by atoms with E-state index in [1.165, 1.54) is 32.1 Å². The Morgan fingerprint density at radius 2 is 1.50 bits per heavy atom. The molecular formula is C11H17BrF2. The zero-order chi connectivity index (χ0) is 10.4. The topological polar surface area (TPSA) is 0 Å². The highest BCUT2D eigenvalue weighted by Gasteiger charge is 2.19. The van der Waals surface area contributed by atoms with Crippen molar-refractivity contribution in [2.75, 3.05) is 0 Å². The molecule has 3 heteroatoms. The number of alkyl halides is 3. The molecule has 0 aromatic carbocycles. The van der Waals surface area contributed by atoms with Crippen LogP contribution in [-0.2, 0) is 0 Å². The molecule has 0 saturated heterocycles. The van der Waals surface area contributed by atoms with Crippen molar-refractivity contribution in [1.82, 2.24) is 0 Å². The van der Waals surface area contributed by atoms with Crippen LogP contribution in [0.3, 0.4) is 0 Å². The lowest BCUT2D eigenvalue weighted by atomic mass is 9.91. The summed E-state index contributed by atoms with van der Waals surface area (Å²) in [5.74, 6) is 0.360. The Bertz CT molecular complexity index is 176. The number of allylic oxidation sites excluding steroid dienone is 2. The smallest absolute Gasteiger partial charge is 0.189 e. The van der Waals surface area contributed by atoms with Gasteiger partial charge in [-0.1, -0.05) is 38.2 Å². The van der Waals surface area contributed by atoms with Crippen LogP contribution in [0, 0.1) is 5.92 Å². The molecule has 1 aliphatic rings. The highest BCUT2D eigenvalue weighted by Crippen LogP contribution is 2.27. The van der Waals surface area contributed by atoms with Gasteiger partial charge in [0.15, 0.2) is 0 Å². The zero-order valence-electron chi connectivity index (χ0n) is 8.32. The van der Waals surface area contributed by atoms with Crippen molar-refractivity contribution in [3.05, 3.63) is 12.2 Å². The monoisotopic (exact) mass is 266 g/mol. The molecule has 1 saturated carbocycles. The standard InChI is InChI=1S/C11H17BrF2/c12-11(13,14)9-8-10-6-4-2-1-3-5-7-10/h8-10H,1-7H2/b9-8+.